The Morgan fingerprint density at radius 3 is 1.40 bits per heavy atom. The van der Waals surface area contributed by atoms with Gasteiger partial charge < -0.3 is 24.8 Å². The molecule has 0 atom stereocenters. The van der Waals surface area contributed by atoms with Gasteiger partial charge in [-0.25, -0.2) is 11.1 Å². The third-order valence-corrected chi connectivity index (χ3v) is 16.2. The average Bonchev–Trinajstić information content (AvgIpc) is 3.08. The molecule has 0 N–H and O–H groups in total. The van der Waals surface area contributed by atoms with Crippen molar-refractivity contribution in [2.45, 2.75) is 75.8 Å². The summed E-state index contributed by atoms with van der Waals surface area (Å²) in [5.74, 6) is 0. The molecular formula is C20H28Cl2Si2Zr. The first kappa shape index (κ1) is 23.9. The van der Waals surface area contributed by atoms with Crippen molar-refractivity contribution in [1.82, 2.24) is 0 Å². The number of hydrogen-bond acceptors (Lipinski definition) is 0. The molecule has 0 spiro atoms. The molecule has 2 fully saturated rings. The monoisotopic (exact) mass is 484 g/mol. The van der Waals surface area contributed by atoms with Gasteiger partial charge in [-0.15, -0.1) is 12.8 Å². The van der Waals surface area contributed by atoms with E-state index >= 15 is 0 Å². The molecule has 0 saturated carbocycles. The van der Waals surface area contributed by atoms with Crippen molar-refractivity contribution in [3.8, 4) is 0 Å². The van der Waals surface area contributed by atoms with Crippen LogP contribution in [0.2, 0.25) is 37.3 Å². The third kappa shape index (κ3) is 4.48. The summed E-state index contributed by atoms with van der Waals surface area (Å²) in [7, 11) is -2.05. The molecule has 2 aliphatic carbocycles. The predicted octanol–water partition coefficient (Wildman–Crippen LogP) is -0.0655. The molecule has 0 nitrogen and oxygen atoms in total. The maximum Gasteiger partial charge on any atom is 4.00 e. The molecule has 25 heavy (non-hydrogen) atoms. The molecule has 0 bridgehead atoms. The molecule has 0 aromatic carbocycles. The summed E-state index contributed by atoms with van der Waals surface area (Å²) >= 11 is 0. The molecule has 5 heteroatoms. The van der Waals surface area contributed by atoms with E-state index in [-0.39, 0.29) is 51.0 Å². The first-order valence-corrected chi connectivity index (χ1v) is 15.1. The van der Waals surface area contributed by atoms with E-state index in [0.717, 1.165) is 12.8 Å². The molecular weight excluding hydrogens is 459 g/mol. The first-order chi connectivity index (χ1) is 10.6. The Morgan fingerprint density at radius 1 is 0.760 bits per heavy atom. The van der Waals surface area contributed by atoms with Crippen LogP contribution in [-0.2, 0) is 26.2 Å². The van der Waals surface area contributed by atoms with Gasteiger partial charge in [-0.2, -0.15) is 22.5 Å². The molecule has 2 heterocycles. The molecule has 2 aliphatic heterocycles. The fraction of sp³-hybridized carbons (Fsp3) is 0.600. The van der Waals surface area contributed by atoms with Gasteiger partial charge in [0.25, 0.3) is 0 Å². The first-order valence-electron chi connectivity index (χ1n) is 9.22. The van der Waals surface area contributed by atoms with Crippen LogP contribution in [0.15, 0.2) is 33.7 Å². The number of halogens is 2. The van der Waals surface area contributed by atoms with Crippen molar-refractivity contribution in [2.24, 2.45) is 0 Å². The molecule has 134 valence electrons. The fourth-order valence-corrected chi connectivity index (χ4v) is 11.8. The summed E-state index contributed by atoms with van der Waals surface area (Å²) in [6.07, 6.45) is 20.0. The number of hydrogen-bond donors (Lipinski definition) is 0. The van der Waals surface area contributed by atoms with Crippen LogP contribution in [0, 0.1) is 12.2 Å². The summed E-state index contributed by atoms with van der Waals surface area (Å²) in [6.45, 7) is 5.20. The molecule has 4 aliphatic rings. The normalized spacial score (nSPS) is 24.9. The Labute approximate surface area is 187 Å². The van der Waals surface area contributed by atoms with Crippen molar-refractivity contribution in [3.05, 3.63) is 45.8 Å². The second-order valence-corrected chi connectivity index (χ2v) is 17.6. The van der Waals surface area contributed by atoms with Crippen LogP contribution in [0.1, 0.15) is 38.5 Å². The van der Waals surface area contributed by atoms with Crippen LogP contribution in [-0.4, -0.2) is 16.1 Å². The predicted molar refractivity (Wildman–Crippen MR) is 99.8 cm³/mol. The topological polar surface area (TPSA) is 0 Å². The minimum atomic E-state index is -1.03. The van der Waals surface area contributed by atoms with Crippen molar-refractivity contribution < 1.29 is 51.0 Å². The van der Waals surface area contributed by atoms with Crippen molar-refractivity contribution in [1.29, 1.82) is 0 Å². The van der Waals surface area contributed by atoms with Gasteiger partial charge in [0, 0.05) is 0 Å². The zero-order chi connectivity index (χ0) is 15.2. The van der Waals surface area contributed by atoms with Gasteiger partial charge in [-0.05, 0) is 16.1 Å². The molecule has 0 aromatic rings. The Hall–Kier alpha value is 0.857. The Kier molecular flexibility index (Phi) is 8.96. The maximum atomic E-state index is 3.70. The molecule has 0 aromatic heterocycles. The van der Waals surface area contributed by atoms with Gasteiger partial charge in [-0.1, -0.05) is 63.0 Å². The molecule has 2 saturated heterocycles. The van der Waals surface area contributed by atoms with Gasteiger partial charge in [0.2, 0.25) is 0 Å². The summed E-state index contributed by atoms with van der Waals surface area (Å²) in [4.78, 5) is 0. The Balaban J connectivity index is 0.00000104. The Bertz CT molecular complexity index is 557. The Morgan fingerprint density at radius 2 is 1.12 bits per heavy atom. The van der Waals surface area contributed by atoms with E-state index in [9.17, 15) is 0 Å². The SMILES string of the molecule is C[Si]1(C2=CC[C-]=C2CCC2=[C-]CC=C2[Si]2(C)CCC2)CCC1.[Cl-].[Cl-].[Zr+4]. The quantitative estimate of drug-likeness (QED) is 0.377. The van der Waals surface area contributed by atoms with Crippen LogP contribution < -0.4 is 24.8 Å². The number of allylic oxidation sites excluding steroid dienone is 8. The van der Waals surface area contributed by atoms with E-state index in [1.54, 1.807) is 21.5 Å². The van der Waals surface area contributed by atoms with E-state index in [4.69, 9.17) is 0 Å². The fourth-order valence-electron chi connectivity index (χ4n) is 4.86. The summed E-state index contributed by atoms with van der Waals surface area (Å²) < 4.78 is 0. The smallest absolute Gasteiger partial charge is 1.00 e. The van der Waals surface area contributed by atoms with E-state index < -0.39 is 16.1 Å². The van der Waals surface area contributed by atoms with Crippen LogP contribution in [0.3, 0.4) is 0 Å². The van der Waals surface area contributed by atoms with E-state index in [2.05, 4.69) is 37.4 Å². The van der Waals surface area contributed by atoms with Crippen molar-refractivity contribution in [2.75, 3.05) is 0 Å². The molecule has 4 rings (SSSR count). The van der Waals surface area contributed by atoms with Gasteiger partial charge in [0.05, 0.1) is 0 Å². The zero-order valence-electron chi connectivity index (χ0n) is 15.5. The molecule has 0 unspecified atom stereocenters. The van der Waals surface area contributed by atoms with Gasteiger partial charge in [0.1, 0.15) is 0 Å². The van der Waals surface area contributed by atoms with E-state index in [0.29, 0.717) is 0 Å². The number of rotatable bonds is 5. The van der Waals surface area contributed by atoms with Crippen LogP contribution in [0.4, 0.5) is 0 Å². The van der Waals surface area contributed by atoms with Crippen LogP contribution >= 0.6 is 0 Å². The second kappa shape index (κ2) is 9.37. The van der Waals surface area contributed by atoms with E-state index in [1.165, 1.54) is 49.9 Å². The van der Waals surface area contributed by atoms with E-state index in [1.807, 2.05) is 0 Å². The summed E-state index contributed by atoms with van der Waals surface area (Å²) in [5, 5.41) is 3.57. The van der Waals surface area contributed by atoms with Crippen LogP contribution in [0.5, 0.6) is 0 Å². The van der Waals surface area contributed by atoms with Crippen LogP contribution in [0.25, 0.3) is 0 Å². The molecule has 0 radical (unpaired) electrons. The van der Waals surface area contributed by atoms with Gasteiger partial charge in [0.15, 0.2) is 0 Å². The summed E-state index contributed by atoms with van der Waals surface area (Å²) in [6, 6.07) is 6.09. The third-order valence-electron chi connectivity index (χ3n) is 6.73. The minimum Gasteiger partial charge on any atom is -1.00 e. The largest absolute Gasteiger partial charge is 4.00 e. The minimum absolute atomic E-state index is 0. The summed E-state index contributed by atoms with van der Waals surface area (Å²) in [5.41, 5.74) is 3.21. The second-order valence-electron chi connectivity index (χ2n) is 8.28. The average molecular weight is 487 g/mol. The van der Waals surface area contributed by atoms with Crippen molar-refractivity contribution >= 4 is 16.1 Å². The zero-order valence-corrected chi connectivity index (χ0v) is 21.5. The van der Waals surface area contributed by atoms with Gasteiger partial charge >= 0.3 is 26.2 Å². The maximum absolute atomic E-state index is 3.70. The van der Waals surface area contributed by atoms with Crippen molar-refractivity contribution in [3.63, 3.8) is 0 Å². The standard InChI is InChI=1S/C20H28Si2.2ClH.Zr/c1-21(13-5-14-21)19-9-3-7-17(19)11-12-18-8-4-10-20(18)22(2)15-6-16-22;;;/h9-10H,3-6,11-16H2,1-2H3;2*1H;/q-2;;;+4/p-2. The van der Waals surface area contributed by atoms with Gasteiger partial charge in [-0.3, -0.25) is 12.2 Å². The molecule has 0 amide bonds.